The molecule has 2 rings (SSSR count). The Morgan fingerprint density at radius 3 is 2.56 bits per heavy atom. The first-order valence-corrected chi connectivity index (χ1v) is 7.41. The summed E-state index contributed by atoms with van der Waals surface area (Å²) in [6, 6.07) is 10.2. The van der Waals surface area contributed by atoms with E-state index in [1.807, 2.05) is 0 Å². The fourth-order valence-electron chi connectivity index (χ4n) is 1.97. The number of hydrogen-bond donors (Lipinski definition) is 3. The molecule has 0 unspecified atom stereocenters. The minimum Gasteiger partial charge on any atom is -0.433 e. The Balaban J connectivity index is 1.98. The summed E-state index contributed by atoms with van der Waals surface area (Å²) in [4.78, 5) is 23.1. The fraction of sp³-hybridized carbons (Fsp3) is 0.125. The van der Waals surface area contributed by atoms with Gasteiger partial charge in [-0.15, -0.1) is 0 Å². The maximum atomic E-state index is 12.3. The summed E-state index contributed by atoms with van der Waals surface area (Å²) in [5.41, 5.74) is 5.92. The molecule has 2 amide bonds. The summed E-state index contributed by atoms with van der Waals surface area (Å²) in [7, 11) is 0. The van der Waals surface area contributed by atoms with Gasteiger partial charge >= 0.3 is 6.61 Å². The largest absolute Gasteiger partial charge is 0.433 e. The lowest BCUT2D eigenvalue weighted by atomic mass is 10.2. The highest BCUT2D eigenvalue weighted by Gasteiger charge is 2.12. The van der Waals surface area contributed by atoms with Crippen LogP contribution in [0.15, 0.2) is 42.5 Å². The van der Waals surface area contributed by atoms with E-state index in [1.165, 1.54) is 36.4 Å². The lowest BCUT2D eigenvalue weighted by Crippen LogP contribution is -2.22. The molecular formula is C16H14ClF2N3O3. The third-order valence-corrected chi connectivity index (χ3v) is 3.38. The number of nitrogens with two attached hydrogens (primary N) is 1. The second-order valence-electron chi connectivity index (χ2n) is 4.84. The molecule has 25 heavy (non-hydrogen) atoms. The van der Waals surface area contributed by atoms with Crippen molar-refractivity contribution in [2.24, 2.45) is 5.73 Å². The number of primary amides is 1. The van der Waals surface area contributed by atoms with Crippen molar-refractivity contribution in [2.75, 3.05) is 17.2 Å². The van der Waals surface area contributed by atoms with Gasteiger partial charge < -0.3 is 21.1 Å². The van der Waals surface area contributed by atoms with Gasteiger partial charge in [-0.1, -0.05) is 23.7 Å². The zero-order valence-electron chi connectivity index (χ0n) is 12.8. The van der Waals surface area contributed by atoms with Gasteiger partial charge in [0.05, 0.1) is 22.8 Å². The fourth-order valence-corrected chi connectivity index (χ4v) is 2.24. The van der Waals surface area contributed by atoms with Gasteiger partial charge in [-0.25, -0.2) is 0 Å². The van der Waals surface area contributed by atoms with E-state index in [9.17, 15) is 18.4 Å². The van der Waals surface area contributed by atoms with Crippen LogP contribution < -0.4 is 21.1 Å². The lowest BCUT2D eigenvalue weighted by molar-refractivity contribution is -0.114. The number of benzene rings is 2. The number of carbonyl (C=O) groups is 2. The number of rotatable bonds is 7. The van der Waals surface area contributed by atoms with Crippen molar-refractivity contribution in [2.45, 2.75) is 6.61 Å². The van der Waals surface area contributed by atoms with E-state index in [2.05, 4.69) is 15.4 Å². The Bertz CT molecular complexity index is 787. The number of carbonyl (C=O) groups excluding carboxylic acids is 2. The van der Waals surface area contributed by atoms with E-state index >= 15 is 0 Å². The van der Waals surface area contributed by atoms with Crippen molar-refractivity contribution in [3.8, 4) is 5.75 Å². The Hall–Kier alpha value is -2.87. The minimum absolute atomic E-state index is 0.122. The summed E-state index contributed by atoms with van der Waals surface area (Å²) < 4.78 is 29.0. The Morgan fingerprint density at radius 2 is 1.92 bits per heavy atom. The molecule has 2 aromatic carbocycles. The first kappa shape index (κ1) is 18.5. The molecule has 0 radical (unpaired) electrons. The first-order valence-electron chi connectivity index (χ1n) is 7.03. The molecule has 0 saturated heterocycles. The zero-order chi connectivity index (χ0) is 18.4. The van der Waals surface area contributed by atoms with Crippen molar-refractivity contribution < 1.29 is 23.1 Å². The molecule has 0 aliphatic rings. The zero-order valence-corrected chi connectivity index (χ0v) is 13.5. The van der Waals surface area contributed by atoms with Gasteiger partial charge in [0.15, 0.2) is 0 Å². The number of para-hydroxylation sites is 2. The van der Waals surface area contributed by atoms with Crippen LogP contribution in [0.1, 0.15) is 10.4 Å². The van der Waals surface area contributed by atoms with Crippen molar-refractivity contribution in [3.63, 3.8) is 0 Å². The smallest absolute Gasteiger partial charge is 0.387 e. The molecule has 4 N–H and O–H groups in total. The number of amides is 2. The summed E-state index contributed by atoms with van der Waals surface area (Å²) >= 11 is 5.91. The van der Waals surface area contributed by atoms with Crippen molar-refractivity contribution in [1.82, 2.24) is 0 Å². The average molecular weight is 370 g/mol. The van der Waals surface area contributed by atoms with Gasteiger partial charge in [0, 0.05) is 5.69 Å². The van der Waals surface area contributed by atoms with E-state index in [4.69, 9.17) is 17.3 Å². The predicted molar refractivity (Wildman–Crippen MR) is 90.2 cm³/mol. The number of halogens is 3. The first-order chi connectivity index (χ1) is 11.9. The third kappa shape index (κ3) is 5.32. The van der Waals surface area contributed by atoms with Crippen LogP contribution in [-0.2, 0) is 4.79 Å². The molecule has 132 valence electrons. The van der Waals surface area contributed by atoms with Gasteiger partial charge in [0.25, 0.3) is 0 Å². The number of nitrogens with one attached hydrogen (secondary N) is 2. The normalized spacial score (nSPS) is 10.4. The van der Waals surface area contributed by atoms with Crippen LogP contribution in [0.3, 0.4) is 0 Å². The quantitative estimate of drug-likeness (QED) is 0.699. The highest BCUT2D eigenvalue weighted by molar-refractivity contribution is 6.34. The highest BCUT2D eigenvalue weighted by Crippen LogP contribution is 2.25. The molecule has 0 saturated carbocycles. The summed E-state index contributed by atoms with van der Waals surface area (Å²) in [5.74, 6) is -1.29. The molecule has 6 nitrogen and oxygen atoms in total. The molecule has 0 heterocycles. The van der Waals surface area contributed by atoms with Crippen LogP contribution in [0.25, 0.3) is 0 Å². The van der Waals surface area contributed by atoms with Crippen LogP contribution in [0.2, 0.25) is 5.02 Å². The molecule has 0 aliphatic carbocycles. The minimum atomic E-state index is -3.00. The van der Waals surface area contributed by atoms with E-state index in [1.54, 1.807) is 6.07 Å². The molecule has 0 atom stereocenters. The topological polar surface area (TPSA) is 93.5 Å². The maximum Gasteiger partial charge on any atom is 0.387 e. The molecule has 0 fully saturated rings. The third-order valence-electron chi connectivity index (χ3n) is 3.06. The van der Waals surface area contributed by atoms with Crippen LogP contribution in [0.4, 0.5) is 20.2 Å². The Kier molecular flexibility index (Phi) is 6.13. The van der Waals surface area contributed by atoms with Gasteiger partial charge in [-0.3, -0.25) is 9.59 Å². The molecular weight excluding hydrogens is 356 g/mol. The van der Waals surface area contributed by atoms with Crippen LogP contribution in [-0.4, -0.2) is 25.0 Å². The summed E-state index contributed by atoms with van der Waals surface area (Å²) in [6.07, 6.45) is 0. The molecule has 0 bridgehead atoms. The van der Waals surface area contributed by atoms with Crippen LogP contribution in [0, 0.1) is 0 Å². The van der Waals surface area contributed by atoms with Gasteiger partial charge in [0.1, 0.15) is 5.75 Å². The second-order valence-corrected chi connectivity index (χ2v) is 5.24. The van der Waals surface area contributed by atoms with Crippen molar-refractivity contribution in [1.29, 1.82) is 0 Å². The van der Waals surface area contributed by atoms with Gasteiger partial charge in [-0.05, 0) is 30.3 Å². The van der Waals surface area contributed by atoms with E-state index in [0.29, 0.717) is 5.69 Å². The van der Waals surface area contributed by atoms with Gasteiger partial charge in [0.2, 0.25) is 11.8 Å². The molecule has 9 heteroatoms. The summed E-state index contributed by atoms with van der Waals surface area (Å²) in [5, 5.41) is 5.40. The molecule has 0 aliphatic heterocycles. The van der Waals surface area contributed by atoms with E-state index in [0.717, 1.165) is 0 Å². The van der Waals surface area contributed by atoms with Crippen LogP contribution in [0.5, 0.6) is 5.75 Å². The average Bonchev–Trinajstić information content (AvgIpc) is 2.54. The summed E-state index contributed by atoms with van der Waals surface area (Å²) in [6.45, 7) is -3.16. The van der Waals surface area contributed by atoms with Crippen molar-refractivity contribution in [3.05, 3.63) is 53.1 Å². The van der Waals surface area contributed by atoms with Crippen molar-refractivity contribution >= 4 is 34.8 Å². The number of anilines is 2. The number of hydrogen-bond acceptors (Lipinski definition) is 4. The second kappa shape index (κ2) is 8.29. The number of alkyl halides is 2. The molecule has 0 aromatic heterocycles. The van der Waals surface area contributed by atoms with E-state index < -0.39 is 18.4 Å². The van der Waals surface area contributed by atoms with E-state index in [-0.39, 0.29) is 28.6 Å². The monoisotopic (exact) mass is 369 g/mol. The maximum absolute atomic E-state index is 12.3. The highest BCUT2D eigenvalue weighted by atomic mass is 35.5. The predicted octanol–water partition coefficient (Wildman–Crippen LogP) is 3.09. The van der Waals surface area contributed by atoms with Gasteiger partial charge in [-0.2, -0.15) is 8.78 Å². The molecule has 0 spiro atoms. The van der Waals surface area contributed by atoms with Crippen LogP contribution >= 0.6 is 11.6 Å². The number of ether oxygens (including phenoxy) is 1. The lowest BCUT2D eigenvalue weighted by Gasteiger charge is -2.12. The Labute approximate surface area is 146 Å². The Morgan fingerprint density at radius 1 is 1.20 bits per heavy atom. The standard InChI is InChI=1S/C16H14ClF2N3O3/c17-11-7-9(5-6-10(11)15(20)24)21-8-14(23)22-12-3-1-2-4-13(12)25-16(18)19/h1-7,16,21H,8H2,(H2,20,24)(H,22,23). The SMILES string of the molecule is NC(=O)c1ccc(NCC(=O)Nc2ccccc2OC(F)F)cc1Cl. The molecule has 2 aromatic rings.